The Balaban J connectivity index is 1.92. The van der Waals surface area contributed by atoms with Crippen molar-refractivity contribution >= 4 is 11.9 Å². The number of unbranched alkanes of at least 4 members (excludes halogenated alkanes) is 52. The van der Waals surface area contributed by atoms with Gasteiger partial charge in [-0.3, -0.25) is 9.59 Å². The molecule has 0 saturated carbocycles. The lowest BCUT2D eigenvalue weighted by Gasteiger charge is -2.40. The third kappa shape index (κ3) is 59.4. The summed E-state index contributed by atoms with van der Waals surface area (Å²) in [4.78, 5) is 25.1. The largest absolute Gasteiger partial charge is 0.466 e. The molecule has 7 unspecified atom stereocenters. The Labute approximate surface area is 574 Å². The fourth-order valence-corrected chi connectivity index (χ4v) is 12.8. The molecule has 1 aliphatic heterocycles. The molecule has 0 aromatic carbocycles. The summed E-state index contributed by atoms with van der Waals surface area (Å²) in [6, 6.07) is -0.808. The number of nitrogens with one attached hydrogen (secondary N) is 1. The van der Waals surface area contributed by atoms with E-state index in [0.717, 1.165) is 64.2 Å². The Bertz CT molecular complexity index is 1690. The molecule has 0 bridgehead atoms. The molecule has 1 heterocycles. The van der Waals surface area contributed by atoms with Gasteiger partial charge in [0.05, 0.1) is 32.0 Å². The number of allylic oxidation sites excluding steroid dienone is 7. The van der Waals surface area contributed by atoms with E-state index in [-0.39, 0.29) is 18.5 Å². The number of carbonyl (C=O) groups excluding carboxylic acids is 2. The van der Waals surface area contributed by atoms with Crippen LogP contribution in [-0.4, -0.2) is 100 Å². The first-order valence-electron chi connectivity index (χ1n) is 40.4. The number of aliphatic hydroxyl groups is 5. The molecule has 11 heteroatoms. The summed E-state index contributed by atoms with van der Waals surface area (Å²) in [6.07, 6.45) is 84.3. The SMILES string of the molecule is CCCCC/C=C\CCCCCCCC(=O)OCCCCCCCCCCCCCCCCC/C=C\C/C=C\CCCCCCCCCCCCCCCCCCCC(=O)NC(COC1OC(CO)C(O)C(O)C1O)C(O)/C=C/CCCCCCCCCCCCCC. The summed E-state index contributed by atoms with van der Waals surface area (Å²) in [5.41, 5.74) is 0. The normalized spacial score (nSPS) is 17.7. The van der Waals surface area contributed by atoms with E-state index in [9.17, 15) is 35.1 Å². The summed E-state index contributed by atoms with van der Waals surface area (Å²) < 4.78 is 16.8. The average molecular weight is 1310 g/mol. The van der Waals surface area contributed by atoms with E-state index in [1.54, 1.807) is 6.08 Å². The van der Waals surface area contributed by atoms with Gasteiger partial charge in [0.2, 0.25) is 5.91 Å². The molecule has 0 aromatic rings. The maximum atomic E-state index is 13.1. The molecule has 1 amide bonds. The van der Waals surface area contributed by atoms with Crippen LogP contribution in [0, 0.1) is 0 Å². The molecule has 546 valence electrons. The summed E-state index contributed by atoms with van der Waals surface area (Å²) in [7, 11) is 0. The number of hydrogen-bond donors (Lipinski definition) is 6. The first-order valence-corrected chi connectivity index (χ1v) is 40.4. The van der Waals surface area contributed by atoms with Gasteiger partial charge in [0, 0.05) is 12.8 Å². The molecule has 1 rings (SSSR count). The molecule has 0 spiro atoms. The van der Waals surface area contributed by atoms with E-state index < -0.39 is 49.5 Å². The molecule has 93 heavy (non-hydrogen) atoms. The van der Waals surface area contributed by atoms with Crippen molar-refractivity contribution in [2.45, 2.75) is 442 Å². The molecule has 6 N–H and O–H groups in total. The van der Waals surface area contributed by atoms with E-state index in [4.69, 9.17) is 14.2 Å². The van der Waals surface area contributed by atoms with Gasteiger partial charge in [-0.1, -0.05) is 345 Å². The minimum absolute atomic E-state index is 0.00476. The van der Waals surface area contributed by atoms with Crippen LogP contribution in [-0.2, 0) is 23.8 Å². The molecule has 1 saturated heterocycles. The highest BCUT2D eigenvalue weighted by Crippen LogP contribution is 2.24. The maximum Gasteiger partial charge on any atom is 0.305 e. The Morgan fingerprint density at radius 3 is 1.12 bits per heavy atom. The number of esters is 1. The summed E-state index contributed by atoms with van der Waals surface area (Å²) in [5, 5.41) is 54.6. The summed E-state index contributed by atoms with van der Waals surface area (Å²) in [6.45, 7) is 4.37. The number of hydrogen-bond acceptors (Lipinski definition) is 10. The van der Waals surface area contributed by atoms with Crippen molar-refractivity contribution in [3.05, 3.63) is 48.6 Å². The molecule has 0 radical (unpaired) electrons. The first-order chi connectivity index (χ1) is 45.7. The van der Waals surface area contributed by atoms with Crippen LogP contribution < -0.4 is 5.32 Å². The highest BCUT2D eigenvalue weighted by atomic mass is 16.7. The fraction of sp³-hybridized carbons (Fsp3) is 0.878. The van der Waals surface area contributed by atoms with Crippen molar-refractivity contribution in [3.8, 4) is 0 Å². The van der Waals surface area contributed by atoms with E-state index in [0.29, 0.717) is 19.4 Å². The second kappa shape index (κ2) is 70.9. The molecule has 1 aliphatic rings. The van der Waals surface area contributed by atoms with Gasteiger partial charge in [0.1, 0.15) is 24.4 Å². The third-order valence-electron chi connectivity index (χ3n) is 19.2. The van der Waals surface area contributed by atoms with Crippen molar-refractivity contribution in [3.63, 3.8) is 0 Å². The topological polar surface area (TPSA) is 175 Å². The molecule has 7 atom stereocenters. The van der Waals surface area contributed by atoms with Crippen LogP contribution >= 0.6 is 0 Å². The number of amides is 1. The molecule has 11 nitrogen and oxygen atoms in total. The number of rotatable bonds is 72. The second-order valence-electron chi connectivity index (χ2n) is 28.1. The molecule has 1 fully saturated rings. The van der Waals surface area contributed by atoms with Crippen LogP contribution in [0.4, 0.5) is 0 Å². The van der Waals surface area contributed by atoms with Gasteiger partial charge in [-0.05, 0) is 89.9 Å². The minimum atomic E-state index is -1.57. The van der Waals surface area contributed by atoms with Gasteiger partial charge in [-0.15, -0.1) is 0 Å². The van der Waals surface area contributed by atoms with Crippen molar-refractivity contribution in [1.29, 1.82) is 0 Å². The van der Waals surface area contributed by atoms with Gasteiger partial charge in [0.15, 0.2) is 6.29 Å². The van der Waals surface area contributed by atoms with Crippen LogP contribution in [0.3, 0.4) is 0 Å². The second-order valence-corrected chi connectivity index (χ2v) is 28.1. The van der Waals surface area contributed by atoms with Crippen LogP contribution in [0.25, 0.3) is 0 Å². The number of ether oxygens (including phenoxy) is 3. The minimum Gasteiger partial charge on any atom is -0.466 e. The van der Waals surface area contributed by atoms with Gasteiger partial charge < -0.3 is 45.1 Å². The van der Waals surface area contributed by atoms with E-state index >= 15 is 0 Å². The predicted molar refractivity (Wildman–Crippen MR) is 394 cm³/mol. The highest BCUT2D eigenvalue weighted by molar-refractivity contribution is 5.76. The lowest BCUT2D eigenvalue weighted by molar-refractivity contribution is -0.302. The van der Waals surface area contributed by atoms with Crippen LogP contribution in [0.1, 0.15) is 399 Å². The molecule has 0 aromatic heterocycles. The monoisotopic (exact) mass is 1310 g/mol. The Hall–Kier alpha value is -2.38. The van der Waals surface area contributed by atoms with Crippen molar-refractivity contribution in [2.75, 3.05) is 19.8 Å². The summed E-state index contributed by atoms with van der Waals surface area (Å²) in [5.74, 6) is -0.171. The van der Waals surface area contributed by atoms with Crippen molar-refractivity contribution in [1.82, 2.24) is 5.32 Å². The predicted octanol–water partition coefficient (Wildman–Crippen LogP) is 21.9. The first kappa shape index (κ1) is 88.6. The Morgan fingerprint density at radius 1 is 0.398 bits per heavy atom. The lowest BCUT2D eigenvalue weighted by Crippen LogP contribution is -2.60. The average Bonchev–Trinajstić information content (AvgIpc) is 0.955. The Morgan fingerprint density at radius 2 is 0.720 bits per heavy atom. The third-order valence-corrected chi connectivity index (χ3v) is 19.2. The van der Waals surface area contributed by atoms with Crippen molar-refractivity contribution in [2.24, 2.45) is 0 Å². The number of carbonyl (C=O) groups is 2. The van der Waals surface area contributed by atoms with E-state index in [2.05, 4.69) is 55.6 Å². The van der Waals surface area contributed by atoms with Gasteiger partial charge >= 0.3 is 5.97 Å². The maximum absolute atomic E-state index is 13.1. The number of aliphatic hydroxyl groups excluding tert-OH is 5. The molecular formula is C82H153NO10. The zero-order valence-corrected chi connectivity index (χ0v) is 61.0. The standard InChI is InChI=1S/C82H153NO10/c1-3-5-7-9-11-13-15-17-45-48-52-56-60-64-68-75(85)74(73-92-82-81(90)80(89)79(88)76(72-84)93-82)83-77(86)69-65-61-57-53-49-46-43-41-39-37-35-33-31-29-27-25-23-21-19-18-20-22-24-26-28-30-32-34-36-38-40-42-44-47-51-55-59-63-67-71-91-78(87)70-66-62-58-54-50-16-14-12-10-8-6-4-2/h12,14,18-19,22,24,64,68,74-76,79-82,84-85,88-90H,3-11,13,15-17,20-21,23,25-63,65-67,69-73H2,1-2H3,(H,83,86)/b14-12-,19-18-,24-22-,68-64+. The van der Waals surface area contributed by atoms with E-state index in [1.165, 1.54) is 308 Å². The van der Waals surface area contributed by atoms with Gasteiger partial charge in [0.25, 0.3) is 0 Å². The quantitative estimate of drug-likeness (QED) is 0.0195. The summed E-state index contributed by atoms with van der Waals surface area (Å²) >= 11 is 0. The zero-order valence-electron chi connectivity index (χ0n) is 61.0. The zero-order chi connectivity index (χ0) is 67.2. The highest BCUT2D eigenvalue weighted by Gasteiger charge is 2.44. The van der Waals surface area contributed by atoms with Gasteiger partial charge in [-0.25, -0.2) is 0 Å². The fourth-order valence-electron chi connectivity index (χ4n) is 12.8. The Kier molecular flexibility index (Phi) is 67.6. The van der Waals surface area contributed by atoms with Crippen LogP contribution in [0.15, 0.2) is 48.6 Å². The molecular weight excluding hydrogens is 1160 g/mol. The van der Waals surface area contributed by atoms with Crippen LogP contribution in [0.5, 0.6) is 0 Å². The molecule has 0 aliphatic carbocycles. The van der Waals surface area contributed by atoms with Gasteiger partial charge in [-0.2, -0.15) is 0 Å². The smallest absolute Gasteiger partial charge is 0.305 e. The van der Waals surface area contributed by atoms with Crippen LogP contribution in [0.2, 0.25) is 0 Å². The lowest BCUT2D eigenvalue weighted by atomic mass is 9.99. The van der Waals surface area contributed by atoms with E-state index in [1.807, 2.05) is 6.08 Å². The van der Waals surface area contributed by atoms with Crippen molar-refractivity contribution < 1.29 is 49.3 Å².